The van der Waals surface area contributed by atoms with Gasteiger partial charge in [0.25, 0.3) is 5.56 Å². The van der Waals surface area contributed by atoms with Crippen molar-refractivity contribution in [3.63, 3.8) is 0 Å². The summed E-state index contributed by atoms with van der Waals surface area (Å²) in [5.41, 5.74) is 5.57. The maximum atomic E-state index is 12.2. The second kappa shape index (κ2) is 6.71. The van der Waals surface area contributed by atoms with Crippen LogP contribution in [0.3, 0.4) is 0 Å². The molecule has 0 bridgehead atoms. The van der Waals surface area contributed by atoms with Gasteiger partial charge in [0, 0.05) is 0 Å². The van der Waals surface area contributed by atoms with E-state index in [0.29, 0.717) is 20.4 Å². The number of nitrogen functional groups attached to an aromatic ring is 1. The number of nitrogens with zero attached hydrogens (tertiary/aromatic N) is 5. The fraction of sp³-hybridized carbons (Fsp3) is 0.167. The Morgan fingerprint density at radius 2 is 2.13 bits per heavy atom. The highest BCUT2D eigenvalue weighted by Gasteiger charge is 2.10. The van der Waals surface area contributed by atoms with Crippen LogP contribution in [0.15, 0.2) is 33.4 Å². The summed E-state index contributed by atoms with van der Waals surface area (Å²) in [5, 5.41) is 15.8. The molecule has 118 valence electrons. The SMILES string of the molecule is Nc1nnc(SCC(=O)OCn2nnc3ccccc3c2=O)s1. The van der Waals surface area contributed by atoms with Gasteiger partial charge >= 0.3 is 5.97 Å². The minimum absolute atomic E-state index is 0.0321. The third kappa shape index (κ3) is 3.63. The van der Waals surface area contributed by atoms with Gasteiger partial charge in [0.2, 0.25) is 5.13 Å². The number of thioether (sulfide) groups is 1. The van der Waals surface area contributed by atoms with Gasteiger partial charge in [-0.15, -0.1) is 15.3 Å². The molecule has 0 spiro atoms. The van der Waals surface area contributed by atoms with Crippen LogP contribution < -0.4 is 11.3 Å². The van der Waals surface area contributed by atoms with Crippen molar-refractivity contribution in [2.24, 2.45) is 0 Å². The van der Waals surface area contributed by atoms with E-state index in [1.54, 1.807) is 24.3 Å². The van der Waals surface area contributed by atoms with Crippen molar-refractivity contribution < 1.29 is 9.53 Å². The number of anilines is 1. The summed E-state index contributed by atoms with van der Waals surface area (Å²) in [6.07, 6.45) is 0. The predicted octanol–water partition coefficient (Wildman–Crippen LogP) is 0.518. The number of hydrogen-bond acceptors (Lipinski definition) is 10. The van der Waals surface area contributed by atoms with Gasteiger partial charge in [-0.05, 0) is 12.1 Å². The van der Waals surface area contributed by atoms with E-state index in [1.807, 2.05) is 0 Å². The maximum absolute atomic E-state index is 12.2. The van der Waals surface area contributed by atoms with E-state index in [-0.39, 0.29) is 18.0 Å². The van der Waals surface area contributed by atoms with Crippen molar-refractivity contribution >= 4 is 45.1 Å². The molecule has 9 nitrogen and oxygen atoms in total. The van der Waals surface area contributed by atoms with Crippen LogP contribution >= 0.6 is 23.1 Å². The average molecular weight is 350 g/mol. The summed E-state index contributed by atoms with van der Waals surface area (Å²) in [4.78, 5) is 23.8. The first-order chi connectivity index (χ1) is 11.1. The minimum Gasteiger partial charge on any atom is -0.441 e. The number of ether oxygens (including phenoxy) is 1. The van der Waals surface area contributed by atoms with E-state index >= 15 is 0 Å². The van der Waals surface area contributed by atoms with Gasteiger partial charge in [-0.3, -0.25) is 9.59 Å². The molecule has 0 fully saturated rings. The van der Waals surface area contributed by atoms with Crippen LogP contribution in [-0.2, 0) is 16.3 Å². The summed E-state index contributed by atoms with van der Waals surface area (Å²) in [5.74, 6) is -0.477. The highest BCUT2D eigenvalue weighted by molar-refractivity contribution is 8.01. The number of benzene rings is 1. The summed E-state index contributed by atoms with van der Waals surface area (Å²) in [6, 6.07) is 6.81. The Morgan fingerprint density at radius 1 is 1.30 bits per heavy atom. The molecular weight excluding hydrogens is 340 g/mol. The molecule has 0 saturated carbocycles. The summed E-state index contributed by atoms with van der Waals surface area (Å²) < 4.78 is 6.58. The first-order valence-corrected chi connectivity index (χ1v) is 8.13. The Hall–Kier alpha value is -2.53. The Labute approximate surface area is 137 Å². The molecule has 3 rings (SSSR count). The lowest BCUT2D eigenvalue weighted by Crippen LogP contribution is -2.26. The Kier molecular flexibility index (Phi) is 4.48. The van der Waals surface area contributed by atoms with Crippen molar-refractivity contribution in [2.45, 2.75) is 11.1 Å². The molecule has 0 amide bonds. The van der Waals surface area contributed by atoms with Gasteiger partial charge in [0.1, 0.15) is 5.52 Å². The monoisotopic (exact) mass is 350 g/mol. The summed E-state index contributed by atoms with van der Waals surface area (Å²) >= 11 is 2.34. The molecule has 23 heavy (non-hydrogen) atoms. The molecule has 0 aliphatic heterocycles. The van der Waals surface area contributed by atoms with Gasteiger partial charge in [0.15, 0.2) is 11.1 Å². The molecule has 0 atom stereocenters. The molecule has 1 aromatic carbocycles. The largest absolute Gasteiger partial charge is 0.441 e. The van der Waals surface area contributed by atoms with E-state index in [0.717, 1.165) is 16.4 Å². The number of rotatable bonds is 5. The maximum Gasteiger partial charge on any atom is 0.318 e. The minimum atomic E-state index is -0.509. The number of carbonyl (C=O) groups is 1. The van der Waals surface area contributed by atoms with E-state index in [1.165, 1.54) is 11.3 Å². The standard InChI is InChI=1S/C12H10N6O3S2/c13-11-15-16-12(23-11)22-5-9(19)21-6-18-10(20)7-3-1-2-4-8(7)14-17-18/h1-4H,5-6H2,(H2,13,15). The number of hydrogen-bond donors (Lipinski definition) is 1. The highest BCUT2D eigenvalue weighted by atomic mass is 32.2. The van der Waals surface area contributed by atoms with Crippen molar-refractivity contribution in [3.05, 3.63) is 34.6 Å². The normalized spacial score (nSPS) is 10.8. The van der Waals surface area contributed by atoms with Crippen molar-refractivity contribution in [1.29, 1.82) is 0 Å². The smallest absolute Gasteiger partial charge is 0.318 e. The number of nitrogens with two attached hydrogens (primary N) is 1. The zero-order valence-corrected chi connectivity index (χ0v) is 13.2. The van der Waals surface area contributed by atoms with Gasteiger partial charge in [-0.1, -0.05) is 40.4 Å². The first kappa shape index (κ1) is 15.4. The van der Waals surface area contributed by atoms with Crippen LogP contribution in [0.2, 0.25) is 0 Å². The van der Waals surface area contributed by atoms with Crippen molar-refractivity contribution in [3.8, 4) is 0 Å². The lowest BCUT2D eigenvalue weighted by molar-refractivity contribution is -0.144. The van der Waals surface area contributed by atoms with Crippen LogP contribution in [0.5, 0.6) is 0 Å². The fourth-order valence-corrected chi connectivity index (χ4v) is 3.12. The van der Waals surface area contributed by atoms with Crippen LogP contribution in [-0.4, -0.2) is 36.9 Å². The molecule has 2 aromatic heterocycles. The van der Waals surface area contributed by atoms with E-state index < -0.39 is 5.97 Å². The van der Waals surface area contributed by atoms with E-state index in [2.05, 4.69) is 20.5 Å². The van der Waals surface area contributed by atoms with Gasteiger partial charge in [-0.2, -0.15) is 4.68 Å². The molecule has 0 radical (unpaired) electrons. The summed E-state index contributed by atoms with van der Waals surface area (Å²) in [6.45, 7) is -0.297. The van der Waals surface area contributed by atoms with Crippen molar-refractivity contribution in [1.82, 2.24) is 25.2 Å². The Balaban J connectivity index is 1.60. The Bertz CT molecular complexity index is 909. The molecule has 0 saturated heterocycles. The average Bonchev–Trinajstić information content (AvgIpc) is 2.98. The zero-order valence-electron chi connectivity index (χ0n) is 11.6. The molecule has 0 unspecified atom stereocenters. The molecule has 3 aromatic rings. The first-order valence-electron chi connectivity index (χ1n) is 6.33. The number of fused-ring (bicyclic) bond motifs is 1. The third-order valence-corrected chi connectivity index (χ3v) is 4.57. The predicted molar refractivity (Wildman–Crippen MR) is 84.9 cm³/mol. The molecule has 0 aliphatic rings. The summed E-state index contributed by atoms with van der Waals surface area (Å²) in [7, 11) is 0. The lowest BCUT2D eigenvalue weighted by atomic mass is 10.2. The fourth-order valence-electron chi connectivity index (χ4n) is 1.68. The van der Waals surface area contributed by atoms with Gasteiger partial charge in [-0.25, -0.2) is 0 Å². The molecule has 0 aliphatic carbocycles. The zero-order chi connectivity index (χ0) is 16.2. The quantitative estimate of drug-likeness (QED) is 0.517. The second-order valence-corrected chi connectivity index (χ2v) is 6.48. The lowest BCUT2D eigenvalue weighted by Gasteiger charge is -2.05. The molecule has 2 heterocycles. The highest BCUT2D eigenvalue weighted by Crippen LogP contribution is 2.23. The van der Waals surface area contributed by atoms with Gasteiger partial charge < -0.3 is 10.5 Å². The third-order valence-electron chi connectivity index (χ3n) is 2.71. The van der Waals surface area contributed by atoms with Crippen LogP contribution in [0.1, 0.15) is 0 Å². The number of carbonyl (C=O) groups excluding carboxylic acids is 1. The van der Waals surface area contributed by atoms with Gasteiger partial charge in [0.05, 0.1) is 11.1 Å². The van der Waals surface area contributed by atoms with Crippen molar-refractivity contribution in [2.75, 3.05) is 11.5 Å². The topological polar surface area (TPSA) is 126 Å². The van der Waals surface area contributed by atoms with E-state index in [9.17, 15) is 9.59 Å². The molecular formula is C12H10N6O3S2. The van der Waals surface area contributed by atoms with Crippen LogP contribution in [0.25, 0.3) is 10.9 Å². The Morgan fingerprint density at radius 3 is 2.91 bits per heavy atom. The molecule has 2 N–H and O–H groups in total. The second-order valence-electron chi connectivity index (χ2n) is 4.25. The van der Waals surface area contributed by atoms with Crippen LogP contribution in [0.4, 0.5) is 5.13 Å². The number of aromatic nitrogens is 5. The van der Waals surface area contributed by atoms with E-state index in [4.69, 9.17) is 10.5 Å². The van der Waals surface area contributed by atoms with Crippen LogP contribution in [0, 0.1) is 0 Å². The number of esters is 1. The molecule has 11 heteroatoms.